The number of hydrogen-bond acceptors (Lipinski definition) is 7. The van der Waals surface area contributed by atoms with Crippen LogP contribution in [0.1, 0.15) is 42.3 Å². The molecule has 0 saturated heterocycles. The lowest BCUT2D eigenvalue weighted by atomic mass is 10.0. The fraction of sp³-hybridized carbons (Fsp3) is 0.296. The van der Waals surface area contributed by atoms with E-state index in [4.69, 9.17) is 4.98 Å². The minimum absolute atomic E-state index is 0.121. The average molecular weight is 516 g/mol. The second kappa shape index (κ2) is 10.1. The smallest absolute Gasteiger partial charge is 0.253 e. The molecule has 1 aliphatic heterocycles. The van der Waals surface area contributed by atoms with Gasteiger partial charge in [0.1, 0.15) is 11.5 Å². The van der Waals surface area contributed by atoms with Crippen molar-refractivity contribution in [1.29, 1.82) is 0 Å². The molecule has 0 aromatic carbocycles. The largest absolute Gasteiger partial charge is 0.352 e. The fourth-order valence-electron chi connectivity index (χ4n) is 4.14. The minimum Gasteiger partial charge on any atom is -0.352 e. The molecule has 2 amide bonds. The molecule has 190 valence electrons. The molecule has 4 aromatic heterocycles. The van der Waals surface area contributed by atoms with Crippen molar-refractivity contribution < 1.29 is 9.59 Å². The summed E-state index contributed by atoms with van der Waals surface area (Å²) < 4.78 is 1.96. The molecule has 0 saturated carbocycles. The van der Waals surface area contributed by atoms with Gasteiger partial charge < -0.3 is 20.1 Å². The van der Waals surface area contributed by atoms with E-state index < -0.39 is 0 Å². The maximum atomic E-state index is 12.4. The first-order chi connectivity index (χ1) is 17.8. The van der Waals surface area contributed by atoms with Crippen molar-refractivity contribution in [3.8, 4) is 11.4 Å². The Kier molecular flexibility index (Phi) is 6.75. The summed E-state index contributed by atoms with van der Waals surface area (Å²) >= 11 is 1.32. The first kappa shape index (κ1) is 24.6. The Labute approximate surface area is 219 Å². The summed E-state index contributed by atoms with van der Waals surface area (Å²) in [5.74, 6) is 0.254. The molecule has 5 rings (SSSR count). The number of pyridine rings is 2. The number of aromatic nitrogens is 4. The Balaban J connectivity index is 1.18. The molecule has 0 radical (unpaired) electrons. The van der Waals surface area contributed by atoms with Gasteiger partial charge in [-0.25, -0.2) is 9.97 Å². The van der Waals surface area contributed by atoms with Gasteiger partial charge in [-0.1, -0.05) is 6.07 Å². The van der Waals surface area contributed by atoms with Gasteiger partial charge in [0, 0.05) is 48.8 Å². The molecule has 5 heterocycles. The Bertz CT molecular complexity index is 1440. The number of carbonyl (C=O) groups excluding carboxylic acids is 2. The first-order valence-electron chi connectivity index (χ1n) is 12.1. The van der Waals surface area contributed by atoms with Crippen LogP contribution in [0.3, 0.4) is 0 Å². The van der Waals surface area contributed by atoms with Gasteiger partial charge in [0.15, 0.2) is 5.13 Å². The maximum absolute atomic E-state index is 12.4. The summed E-state index contributed by atoms with van der Waals surface area (Å²) in [5.41, 5.74) is 4.38. The SMILES string of the molecule is CC(C)(C)n1ccc(C(=O)NCC(=O)Nc2nc(-c3cccc(N4CCc5cnccc5C4)n3)cs2)c1. The lowest BCUT2D eigenvalue weighted by Gasteiger charge is -2.29. The average Bonchev–Trinajstić information content (AvgIpc) is 3.58. The lowest BCUT2D eigenvalue weighted by molar-refractivity contribution is -0.115. The van der Waals surface area contributed by atoms with Crippen LogP contribution in [0.15, 0.2) is 60.5 Å². The van der Waals surface area contributed by atoms with Gasteiger partial charge >= 0.3 is 0 Å². The van der Waals surface area contributed by atoms with Crippen LogP contribution in [0.25, 0.3) is 11.4 Å². The molecule has 0 bridgehead atoms. The fourth-order valence-corrected chi connectivity index (χ4v) is 4.86. The lowest BCUT2D eigenvalue weighted by Crippen LogP contribution is -2.32. The van der Waals surface area contributed by atoms with E-state index in [2.05, 4.69) is 52.3 Å². The van der Waals surface area contributed by atoms with Crippen LogP contribution in [0.4, 0.5) is 10.9 Å². The molecule has 1 aliphatic rings. The highest BCUT2D eigenvalue weighted by atomic mass is 32.1. The van der Waals surface area contributed by atoms with E-state index in [1.54, 1.807) is 12.3 Å². The summed E-state index contributed by atoms with van der Waals surface area (Å²) in [7, 11) is 0. The predicted octanol–water partition coefficient (Wildman–Crippen LogP) is 4.09. The highest BCUT2D eigenvalue weighted by Gasteiger charge is 2.19. The molecule has 10 heteroatoms. The van der Waals surface area contributed by atoms with Gasteiger partial charge in [-0.3, -0.25) is 14.6 Å². The number of anilines is 2. The summed E-state index contributed by atoms with van der Waals surface area (Å²) in [6.45, 7) is 7.69. The topological polar surface area (TPSA) is 105 Å². The van der Waals surface area contributed by atoms with Crippen LogP contribution >= 0.6 is 11.3 Å². The Morgan fingerprint density at radius 2 is 1.95 bits per heavy atom. The molecular weight excluding hydrogens is 486 g/mol. The number of nitrogens with zero attached hydrogens (tertiary/aromatic N) is 5. The van der Waals surface area contributed by atoms with Crippen LogP contribution in [0.2, 0.25) is 0 Å². The summed E-state index contributed by atoms with van der Waals surface area (Å²) in [6.07, 6.45) is 8.34. The van der Waals surface area contributed by atoms with E-state index in [0.29, 0.717) is 16.4 Å². The third-order valence-electron chi connectivity index (χ3n) is 6.23. The zero-order valence-corrected chi connectivity index (χ0v) is 21.9. The molecule has 0 spiro atoms. The summed E-state index contributed by atoms with van der Waals surface area (Å²) in [4.78, 5) is 40.7. The van der Waals surface area contributed by atoms with E-state index in [0.717, 1.165) is 31.0 Å². The van der Waals surface area contributed by atoms with E-state index in [1.165, 1.54) is 22.5 Å². The Morgan fingerprint density at radius 3 is 2.76 bits per heavy atom. The van der Waals surface area contributed by atoms with Crippen LogP contribution < -0.4 is 15.5 Å². The number of thiazole rings is 1. The molecule has 2 N–H and O–H groups in total. The number of rotatable bonds is 6. The Morgan fingerprint density at radius 1 is 1.08 bits per heavy atom. The number of nitrogens with one attached hydrogen (secondary N) is 2. The molecular formula is C27H29N7O2S. The van der Waals surface area contributed by atoms with Gasteiger partial charge in [-0.2, -0.15) is 0 Å². The van der Waals surface area contributed by atoms with Gasteiger partial charge in [-0.15, -0.1) is 11.3 Å². The normalized spacial score (nSPS) is 13.2. The van der Waals surface area contributed by atoms with Crippen molar-refractivity contribution >= 4 is 34.1 Å². The van der Waals surface area contributed by atoms with Crippen LogP contribution in [-0.4, -0.2) is 44.4 Å². The molecule has 4 aromatic rings. The van der Waals surface area contributed by atoms with Crippen molar-refractivity contribution in [1.82, 2.24) is 24.8 Å². The number of amides is 2. The van der Waals surface area contributed by atoms with Crippen molar-refractivity contribution in [3.63, 3.8) is 0 Å². The van der Waals surface area contributed by atoms with E-state index in [1.807, 2.05) is 46.7 Å². The number of hydrogen-bond donors (Lipinski definition) is 2. The Hall–Kier alpha value is -4.05. The first-order valence-corrected chi connectivity index (χ1v) is 13.0. The summed E-state index contributed by atoms with van der Waals surface area (Å²) in [6, 6.07) is 9.69. The van der Waals surface area contributed by atoms with Crippen LogP contribution in [0, 0.1) is 0 Å². The third-order valence-corrected chi connectivity index (χ3v) is 6.99. The molecule has 9 nitrogen and oxygen atoms in total. The van der Waals surface area contributed by atoms with Gasteiger partial charge in [-0.05, 0) is 62.6 Å². The van der Waals surface area contributed by atoms with E-state index in [-0.39, 0.29) is 23.9 Å². The third kappa shape index (κ3) is 5.69. The maximum Gasteiger partial charge on any atom is 0.253 e. The van der Waals surface area contributed by atoms with E-state index in [9.17, 15) is 9.59 Å². The second-order valence-electron chi connectivity index (χ2n) is 9.94. The van der Waals surface area contributed by atoms with Crippen LogP contribution in [0.5, 0.6) is 0 Å². The van der Waals surface area contributed by atoms with Gasteiger partial charge in [0.2, 0.25) is 5.91 Å². The monoisotopic (exact) mass is 515 g/mol. The number of fused-ring (bicyclic) bond motifs is 1. The highest BCUT2D eigenvalue weighted by Crippen LogP contribution is 2.27. The molecule has 37 heavy (non-hydrogen) atoms. The molecule has 0 unspecified atom stereocenters. The van der Waals surface area contributed by atoms with Crippen LogP contribution in [-0.2, 0) is 23.3 Å². The van der Waals surface area contributed by atoms with Crippen molar-refractivity contribution in [2.75, 3.05) is 23.3 Å². The second-order valence-corrected chi connectivity index (χ2v) is 10.8. The molecule has 0 atom stereocenters. The highest BCUT2D eigenvalue weighted by molar-refractivity contribution is 7.14. The van der Waals surface area contributed by atoms with Gasteiger partial charge in [0.05, 0.1) is 17.8 Å². The molecule has 0 aliphatic carbocycles. The van der Waals surface area contributed by atoms with Crippen molar-refractivity contribution in [2.24, 2.45) is 0 Å². The van der Waals surface area contributed by atoms with Gasteiger partial charge in [0.25, 0.3) is 5.91 Å². The zero-order chi connectivity index (χ0) is 26.0. The number of carbonyl (C=O) groups is 2. The molecule has 0 fully saturated rings. The minimum atomic E-state index is -0.340. The zero-order valence-electron chi connectivity index (χ0n) is 21.1. The standard InChI is InChI=1S/C27H29N7O2S/c1-27(2,3)34-12-9-20(16-34)25(36)29-14-24(35)32-26-31-22(17-37-26)21-5-4-6-23(30-21)33-11-8-18-13-28-10-7-19(18)15-33/h4-7,9-10,12-13,16-17H,8,11,14-15H2,1-3H3,(H,29,36)(H,31,32,35). The summed E-state index contributed by atoms with van der Waals surface area (Å²) in [5, 5.41) is 7.75. The predicted molar refractivity (Wildman–Crippen MR) is 145 cm³/mol. The van der Waals surface area contributed by atoms with Crippen molar-refractivity contribution in [2.45, 2.75) is 39.3 Å². The van der Waals surface area contributed by atoms with Crippen molar-refractivity contribution in [3.05, 3.63) is 77.2 Å². The quantitative estimate of drug-likeness (QED) is 0.401. The van der Waals surface area contributed by atoms with E-state index >= 15 is 0 Å².